The fourth-order valence-corrected chi connectivity index (χ4v) is 3.10. The van der Waals surface area contributed by atoms with Gasteiger partial charge < -0.3 is 31.9 Å². The van der Waals surface area contributed by atoms with Crippen molar-refractivity contribution < 1.29 is 4.92 Å². The second kappa shape index (κ2) is 14.4. The number of hydrogen-bond donors (Lipinski definition) is 6. The van der Waals surface area contributed by atoms with Gasteiger partial charge in [-0.3, -0.25) is 10.1 Å². The van der Waals surface area contributed by atoms with Crippen LogP contribution in [0.3, 0.4) is 0 Å². The van der Waals surface area contributed by atoms with E-state index in [1.54, 1.807) is 12.1 Å². The predicted octanol–water partition coefficient (Wildman–Crippen LogP) is -0.943. The Morgan fingerprint density at radius 3 is 1.71 bits per heavy atom. The fourth-order valence-electron chi connectivity index (χ4n) is 3.10. The van der Waals surface area contributed by atoms with E-state index in [0.717, 1.165) is 84.0 Å². The van der Waals surface area contributed by atoms with Crippen LogP contribution in [0.5, 0.6) is 0 Å². The molecule has 0 saturated carbocycles. The van der Waals surface area contributed by atoms with Gasteiger partial charge in [-0.1, -0.05) is 12.1 Å². The normalized spacial score (nSPS) is 22.1. The molecule has 6 N–H and O–H groups in total. The molecule has 1 heterocycles. The van der Waals surface area contributed by atoms with Crippen LogP contribution in [0.2, 0.25) is 0 Å². The van der Waals surface area contributed by atoms with Gasteiger partial charge in [0.2, 0.25) is 0 Å². The van der Waals surface area contributed by atoms with E-state index in [2.05, 4.69) is 31.9 Å². The number of benzene rings is 1. The van der Waals surface area contributed by atoms with E-state index in [0.29, 0.717) is 0 Å². The minimum atomic E-state index is -0.358. The van der Waals surface area contributed by atoms with Gasteiger partial charge in [0, 0.05) is 90.2 Å². The van der Waals surface area contributed by atoms with Crippen LogP contribution < -0.4 is 31.9 Å². The van der Waals surface area contributed by atoms with Crippen molar-refractivity contribution in [1.82, 2.24) is 31.9 Å². The number of non-ortho nitro benzene ring substituents is 1. The van der Waals surface area contributed by atoms with Gasteiger partial charge in [-0.2, -0.15) is 0 Å². The molecular formula is C19H35N7O2. The first-order valence-electron chi connectivity index (χ1n) is 10.3. The molecule has 1 aromatic carbocycles. The number of nitro groups is 1. The number of hydrogen-bond acceptors (Lipinski definition) is 8. The molecule has 1 atom stereocenters. The topological polar surface area (TPSA) is 115 Å². The molecule has 1 unspecified atom stereocenters. The maximum Gasteiger partial charge on any atom is 0.269 e. The number of nitrogens with zero attached hydrogens (tertiary/aromatic N) is 1. The van der Waals surface area contributed by atoms with E-state index in [1.807, 2.05) is 12.1 Å². The smallest absolute Gasteiger partial charge is 0.269 e. The van der Waals surface area contributed by atoms with Crippen LogP contribution in [0, 0.1) is 10.1 Å². The maximum atomic E-state index is 10.8. The molecule has 0 radical (unpaired) electrons. The van der Waals surface area contributed by atoms with E-state index in [-0.39, 0.29) is 16.7 Å². The Morgan fingerprint density at radius 1 is 0.750 bits per heavy atom. The van der Waals surface area contributed by atoms with E-state index in [1.165, 1.54) is 0 Å². The van der Waals surface area contributed by atoms with Crippen LogP contribution in [-0.4, -0.2) is 83.0 Å². The molecular weight excluding hydrogens is 358 g/mol. The van der Waals surface area contributed by atoms with Crippen molar-refractivity contribution in [2.45, 2.75) is 12.5 Å². The fraction of sp³-hybridized carbons (Fsp3) is 0.684. The average molecular weight is 394 g/mol. The van der Waals surface area contributed by atoms with Crippen LogP contribution in [0.25, 0.3) is 0 Å². The van der Waals surface area contributed by atoms with Crippen LogP contribution in [0.15, 0.2) is 24.3 Å². The Hall–Kier alpha value is -1.62. The summed E-state index contributed by atoms with van der Waals surface area (Å²) in [6.45, 7) is 10.4. The first-order valence-corrected chi connectivity index (χ1v) is 10.3. The summed E-state index contributed by atoms with van der Waals surface area (Å²) in [5, 5.41) is 31.6. The van der Waals surface area contributed by atoms with Crippen molar-refractivity contribution in [2.24, 2.45) is 0 Å². The Balaban J connectivity index is 1.80. The summed E-state index contributed by atoms with van der Waals surface area (Å²) in [6, 6.07) is 7.14. The summed E-state index contributed by atoms with van der Waals surface area (Å²) in [4.78, 5) is 10.5. The Bertz CT molecular complexity index is 524. The molecule has 0 bridgehead atoms. The van der Waals surface area contributed by atoms with Crippen LogP contribution in [0.4, 0.5) is 5.69 Å². The third-order valence-electron chi connectivity index (χ3n) is 4.67. The summed E-state index contributed by atoms with van der Waals surface area (Å²) < 4.78 is 0. The highest BCUT2D eigenvalue weighted by Crippen LogP contribution is 2.13. The highest BCUT2D eigenvalue weighted by molar-refractivity contribution is 5.33. The third-order valence-corrected chi connectivity index (χ3v) is 4.67. The van der Waals surface area contributed by atoms with Crippen molar-refractivity contribution in [3.05, 3.63) is 39.9 Å². The van der Waals surface area contributed by atoms with Gasteiger partial charge in [0.25, 0.3) is 5.69 Å². The van der Waals surface area contributed by atoms with Gasteiger partial charge >= 0.3 is 0 Å². The Labute approximate surface area is 167 Å². The van der Waals surface area contributed by atoms with Crippen LogP contribution in [-0.2, 0) is 6.42 Å². The molecule has 28 heavy (non-hydrogen) atoms. The number of nitro benzene ring substituents is 1. The molecule has 1 saturated heterocycles. The highest BCUT2D eigenvalue weighted by atomic mass is 16.6. The Morgan fingerprint density at radius 2 is 1.21 bits per heavy atom. The summed E-state index contributed by atoms with van der Waals surface area (Å²) in [5.74, 6) is 0. The first-order chi connectivity index (χ1) is 13.8. The molecule has 1 aliphatic heterocycles. The summed E-state index contributed by atoms with van der Waals surface area (Å²) in [6.07, 6.45) is 0.837. The maximum absolute atomic E-state index is 10.8. The zero-order valence-corrected chi connectivity index (χ0v) is 16.6. The summed E-state index contributed by atoms with van der Waals surface area (Å²) in [5.41, 5.74) is 1.24. The molecule has 0 spiro atoms. The zero-order chi connectivity index (χ0) is 19.9. The minimum Gasteiger partial charge on any atom is -0.314 e. The Kier molecular flexibility index (Phi) is 11.6. The van der Waals surface area contributed by atoms with E-state index < -0.39 is 0 Å². The van der Waals surface area contributed by atoms with Crippen molar-refractivity contribution in [1.29, 1.82) is 0 Å². The lowest BCUT2D eigenvalue weighted by Crippen LogP contribution is -2.45. The van der Waals surface area contributed by atoms with Gasteiger partial charge in [0.15, 0.2) is 0 Å². The van der Waals surface area contributed by atoms with Crippen LogP contribution >= 0.6 is 0 Å². The molecule has 0 aliphatic carbocycles. The highest BCUT2D eigenvalue weighted by Gasteiger charge is 2.11. The van der Waals surface area contributed by atoms with E-state index >= 15 is 0 Å². The number of rotatable bonds is 3. The first kappa shape index (κ1) is 22.7. The zero-order valence-electron chi connectivity index (χ0n) is 16.6. The predicted molar refractivity (Wildman–Crippen MR) is 113 cm³/mol. The minimum absolute atomic E-state index is 0.137. The molecule has 1 aromatic rings. The summed E-state index contributed by atoms with van der Waals surface area (Å²) >= 11 is 0. The monoisotopic (exact) mass is 393 g/mol. The second-order valence-corrected chi connectivity index (χ2v) is 6.98. The summed E-state index contributed by atoms with van der Waals surface area (Å²) in [7, 11) is 0. The molecule has 0 aromatic heterocycles. The SMILES string of the molecule is O=[N+]([O-])c1ccc(CC2CNCCNCCNCCNCCNCCN2)cc1. The second-order valence-electron chi connectivity index (χ2n) is 6.98. The lowest BCUT2D eigenvalue weighted by molar-refractivity contribution is -0.384. The van der Waals surface area contributed by atoms with Crippen molar-refractivity contribution in [2.75, 3.05) is 72.0 Å². The molecule has 9 heteroatoms. The van der Waals surface area contributed by atoms with Gasteiger partial charge in [-0.15, -0.1) is 0 Å². The van der Waals surface area contributed by atoms with Crippen LogP contribution in [0.1, 0.15) is 5.56 Å². The quantitative estimate of drug-likeness (QED) is 0.288. The van der Waals surface area contributed by atoms with Crippen molar-refractivity contribution >= 4 is 5.69 Å². The molecule has 9 nitrogen and oxygen atoms in total. The van der Waals surface area contributed by atoms with Gasteiger partial charge in [0.1, 0.15) is 0 Å². The van der Waals surface area contributed by atoms with E-state index in [9.17, 15) is 10.1 Å². The number of nitrogens with one attached hydrogen (secondary N) is 6. The van der Waals surface area contributed by atoms with Gasteiger partial charge in [-0.25, -0.2) is 0 Å². The third kappa shape index (κ3) is 10.1. The molecule has 2 rings (SSSR count). The average Bonchev–Trinajstić information content (AvgIpc) is 2.69. The standard InChI is InChI=1S/C19H35N7O2/c27-26(28)19-3-1-17(2-4-19)15-18-16-24-12-11-22-8-7-20-5-6-21-9-10-23-13-14-25-18/h1-4,18,20-25H,5-16H2. The van der Waals surface area contributed by atoms with Gasteiger partial charge in [-0.05, 0) is 12.0 Å². The van der Waals surface area contributed by atoms with Crippen molar-refractivity contribution in [3.63, 3.8) is 0 Å². The lowest BCUT2D eigenvalue weighted by Gasteiger charge is -2.20. The lowest BCUT2D eigenvalue weighted by atomic mass is 10.1. The van der Waals surface area contributed by atoms with Gasteiger partial charge in [0.05, 0.1) is 4.92 Å². The largest absolute Gasteiger partial charge is 0.314 e. The molecule has 158 valence electrons. The van der Waals surface area contributed by atoms with E-state index in [4.69, 9.17) is 0 Å². The molecule has 1 aliphatic rings. The molecule has 1 fully saturated rings. The molecule has 0 amide bonds. The van der Waals surface area contributed by atoms with Crippen molar-refractivity contribution in [3.8, 4) is 0 Å².